The van der Waals surface area contributed by atoms with E-state index in [4.69, 9.17) is 4.99 Å². The summed E-state index contributed by atoms with van der Waals surface area (Å²) in [4.78, 5) is 9.98. The first-order valence-electron chi connectivity index (χ1n) is 9.75. The summed E-state index contributed by atoms with van der Waals surface area (Å²) in [7, 11) is 0. The topological polar surface area (TPSA) is 30.9 Å². The van der Waals surface area contributed by atoms with Gasteiger partial charge in [0.25, 0.3) is 0 Å². The minimum absolute atomic E-state index is 0.662. The van der Waals surface area contributed by atoms with Crippen LogP contribution in [-0.2, 0) is 0 Å². The Hall–Kier alpha value is -1.36. The molecule has 2 heterocycles. The SMILES string of the molecule is CCNC(=NCC1CCN(c2ccccc2)C1)N1CCSC(CC)C1. The first-order valence-corrected chi connectivity index (χ1v) is 10.8. The minimum Gasteiger partial charge on any atom is -0.371 e. The van der Waals surface area contributed by atoms with Crippen LogP contribution in [0.3, 0.4) is 0 Å². The molecule has 4 nitrogen and oxygen atoms in total. The fourth-order valence-electron chi connectivity index (χ4n) is 3.66. The molecule has 2 atom stereocenters. The molecule has 2 unspecified atom stereocenters. The molecule has 0 spiro atoms. The van der Waals surface area contributed by atoms with E-state index in [1.807, 2.05) is 0 Å². The number of thioether (sulfide) groups is 1. The molecule has 1 aromatic rings. The maximum Gasteiger partial charge on any atom is 0.193 e. The number of guanidine groups is 1. The Kier molecular flexibility index (Phi) is 6.91. The fourth-order valence-corrected chi connectivity index (χ4v) is 4.84. The van der Waals surface area contributed by atoms with Crippen LogP contribution in [0.25, 0.3) is 0 Å². The highest BCUT2D eigenvalue weighted by molar-refractivity contribution is 8.00. The molecule has 0 aromatic heterocycles. The van der Waals surface area contributed by atoms with Crippen LogP contribution < -0.4 is 10.2 Å². The Bertz CT molecular complexity index is 548. The van der Waals surface area contributed by atoms with Crippen LogP contribution in [0.1, 0.15) is 26.7 Å². The Balaban J connectivity index is 1.57. The smallest absolute Gasteiger partial charge is 0.193 e. The van der Waals surface area contributed by atoms with Gasteiger partial charge in [0.1, 0.15) is 0 Å². The van der Waals surface area contributed by atoms with Crippen LogP contribution >= 0.6 is 11.8 Å². The molecule has 0 bridgehead atoms. The molecule has 0 radical (unpaired) electrons. The molecule has 2 aliphatic rings. The lowest BCUT2D eigenvalue weighted by Crippen LogP contribution is -2.48. The standard InChI is InChI=1S/C20H32N4S/c1-3-19-16-24(12-13-25-19)20(21-4-2)22-14-17-10-11-23(15-17)18-8-6-5-7-9-18/h5-9,17,19H,3-4,10-16H2,1-2H3,(H,21,22). The number of para-hydroxylation sites is 1. The lowest BCUT2D eigenvalue weighted by Gasteiger charge is -2.34. The van der Waals surface area contributed by atoms with E-state index in [2.05, 4.69) is 71.1 Å². The van der Waals surface area contributed by atoms with Crippen molar-refractivity contribution in [1.82, 2.24) is 10.2 Å². The summed E-state index contributed by atoms with van der Waals surface area (Å²) in [5, 5.41) is 4.26. The molecular formula is C20H32N4S. The molecule has 25 heavy (non-hydrogen) atoms. The van der Waals surface area contributed by atoms with Gasteiger partial charge in [-0.1, -0.05) is 25.1 Å². The maximum absolute atomic E-state index is 5.01. The number of hydrogen-bond acceptors (Lipinski definition) is 3. The van der Waals surface area contributed by atoms with Gasteiger partial charge in [-0.3, -0.25) is 4.99 Å². The predicted molar refractivity (Wildman–Crippen MR) is 111 cm³/mol. The van der Waals surface area contributed by atoms with Gasteiger partial charge in [-0.2, -0.15) is 11.8 Å². The van der Waals surface area contributed by atoms with Crippen molar-refractivity contribution in [2.24, 2.45) is 10.9 Å². The zero-order chi connectivity index (χ0) is 17.5. The predicted octanol–water partition coefficient (Wildman–Crippen LogP) is 3.31. The Labute approximate surface area is 157 Å². The van der Waals surface area contributed by atoms with Gasteiger partial charge in [-0.25, -0.2) is 0 Å². The van der Waals surface area contributed by atoms with Crippen LogP contribution in [0.15, 0.2) is 35.3 Å². The zero-order valence-corrected chi connectivity index (χ0v) is 16.5. The Morgan fingerprint density at radius 1 is 1.20 bits per heavy atom. The van der Waals surface area contributed by atoms with Crippen LogP contribution in [0.2, 0.25) is 0 Å². The van der Waals surface area contributed by atoms with Gasteiger partial charge in [-0.05, 0) is 37.8 Å². The maximum atomic E-state index is 5.01. The van der Waals surface area contributed by atoms with Crippen LogP contribution in [-0.4, -0.2) is 61.1 Å². The summed E-state index contributed by atoms with van der Waals surface area (Å²) in [6, 6.07) is 10.8. The van der Waals surface area contributed by atoms with Crippen LogP contribution in [0, 0.1) is 5.92 Å². The number of anilines is 1. The first kappa shape index (κ1) is 18.4. The van der Waals surface area contributed by atoms with Crippen molar-refractivity contribution in [3.05, 3.63) is 30.3 Å². The fraction of sp³-hybridized carbons (Fsp3) is 0.650. The molecule has 0 saturated carbocycles. The third kappa shape index (κ3) is 5.06. The second kappa shape index (κ2) is 9.37. The molecule has 138 valence electrons. The van der Waals surface area contributed by atoms with Crippen molar-refractivity contribution >= 4 is 23.4 Å². The lowest BCUT2D eigenvalue weighted by atomic mass is 10.1. The average molecular weight is 361 g/mol. The molecule has 2 aliphatic heterocycles. The van der Waals surface area contributed by atoms with Crippen molar-refractivity contribution < 1.29 is 0 Å². The van der Waals surface area contributed by atoms with Crippen LogP contribution in [0.5, 0.6) is 0 Å². The lowest BCUT2D eigenvalue weighted by molar-refractivity contribution is 0.406. The monoisotopic (exact) mass is 360 g/mol. The number of nitrogens with zero attached hydrogens (tertiary/aromatic N) is 3. The summed E-state index contributed by atoms with van der Waals surface area (Å²) in [5.41, 5.74) is 1.35. The van der Waals surface area contributed by atoms with E-state index in [1.54, 1.807) is 0 Å². The molecule has 1 N–H and O–H groups in total. The first-order chi connectivity index (χ1) is 12.3. The zero-order valence-electron chi connectivity index (χ0n) is 15.7. The minimum atomic E-state index is 0.662. The van der Waals surface area contributed by atoms with Crippen molar-refractivity contribution in [3.63, 3.8) is 0 Å². The second-order valence-electron chi connectivity index (χ2n) is 6.98. The van der Waals surface area contributed by atoms with Gasteiger partial charge in [0.15, 0.2) is 5.96 Å². The number of benzene rings is 1. The molecular weight excluding hydrogens is 328 g/mol. The molecule has 5 heteroatoms. The third-order valence-electron chi connectivity index (χ3n) is 5.13. The molecule has 3 rings (SSSR count). The van der Waals surface area contributed by atoms with Gasteiger partial charge in [0, 0.05) is 56.0 Å². The molecule has 0 aliphatic carbocycles. The quantitative estimate of drug-likeness (QED) is 0.645. The van der Waals surface area contributed by atoms with Crippen LogP contribution in [0.4, 0.5) is 5.69 Å². The van der Waals surface area contributed by atoms with E-state index in [0.29, 0.717) is 5.92 Å². The van der Waals surface area contributed by atoms with Crippen molar-refractivity contribution in [2.75, 3.05) is 49.9 Å². The highest BCUT2D eigenvalue weighted by atomic mass is 32.2. The van der Waals surface area contributed by atoms with Crippen molar-refractivity contribution in [1.29, 1.82) is 0 Å². The van der Waals surface area contributed by atoms with E-state index >= 15 is 0 Å². The summed E-state index contributed by atoms with van der Waals surface area (Å²) >= 11 is 2.11. The number of aliphatic imine (C=N–C) groups is 1. The molecule has 0 amide bonds. The third-order valence-corrected chi connectivity index (χ3v) is 6.51. The highest BCUT2D eigenvalue weighted by Crippen LogP contribution is 2.24. The largest absolute Gasteiger partial charge is 0.371 e. The summed E-state index contributed by atoms with van der Waals surface area (Å²) < 4.78 is 0. The number of rotatable bonds is 5. The van der Waals surface area contributed by atoms with Gasteiger partial charge in [0.2, 0.25) is 0 Å². The van der Waals surface area contributed by atoms with E-state index in [1.165, 1.54) is 24.3 Å². The Morgan fingerprint density at radius 3 is 2.80 bits per heavy atom. The van der Waals surface area contributed by atoms with Gasteiger partial charge in [-0.15, -0.1) is 0 Å². The Morgan fingerprint density at radius 2 is 2.04 bits per heavy atom. The summed E-state index contributed by atoms with van der Waals surface area (Å²) in [6.07, 6.45) is 2.49. The number of nitrogens with one attached hydrogen (secondary N) is 1. The summed E-state index contributed by atoms with van der Waals surface area (Å²) in [5.74, 6) is 3.00. The van der Waals surface area contributed by atoms with Gasteiger partial charge >= 0.3 is 0 Å². The number of hydrogen-bond donors (Lipinski definition) is 1. The normalized spacial score (nSPS) is 24.6. The van der Waals surface area contributed by atoms with E-state index in [-0.39, 0.29) is 0 Å². The second-order valence-corrected chi connectivity index (χ2v) is 8.39. The molecule has 2 fully saturated rings. The van der Waals surface area contributed by atoms with E-state index in [0.717, 1.165) is 50.5 Å². The highest BCUT2D eigenvalue weighted by Gasteiger charge is 2.24. The van der Waals surface area contributed by atoms with Gasteiger partial charge < -0.3 is 15.1 Å². The van der Waals surface area contributed by atoms with Gasteiger partial charge in [0.05, 0.1) is 0 Å². The van der Waals surface area contributed by atoms with E-state index < -0.39 is 0 Å². The molecule has 2 saturated heterocycles. The van der Waals surface area contributed by atoms with Crippen molar-refractivity contribution in [2.45, 2.75) is 31.9 Å². The molecule has 1 aromatic carbocycles. The summed E-state index contributed by atoms with van der Waals surface area (Å²) in [6.45, 7) is 10.9. The van der Waals surface area contributed by atoms with Crippen molar-refractivity contribution in [3.8, 4) is 0 Å². The van der Waals surface area contributed by atoms with E-state index in [9.17, 15) is 0 Å². The average Bonchev–Trinajstić information content (AvgIpc) is 3.15.